The van der Waals surface area contributed by atoms with E-state index in [1.807, 2.05) is 36.4 Å². The molecule has 2 amide bonds. The van der Waals surface area contributed by atoms with Crippen LogP contribution < -0.4 is 10.6 Å². The number of benzene rings is 2. The van der Waals surface area contributed by atoms with E-state index in [2.05, 4.69) is 26.6 Å². The molecule has 0 radical (unpaired) electrons. The molecule has 6 heteroatoms. The number of methoxy groups -OCH3 is 1. The highest BCUT2D eigenvalue weighted by molar-refractivity contribution is 9.10. The smallest absolute Gasteiger partial charge is 0.328 e. The highest BCUT2D eigenvalue weighted by Crippen LogP contribution is 2.15. The lowest BCUT2D eigenvalue weighted by molar-refractivity contribution is -0.142. The average Bonchev–Trinajstić information content (AvgIpc) is 2.54. The standard InChI is InChI=1S/C17H17BrN2O3/c1-23-16(21)15(10-12-6-3-2-4-7-12)20-17(22)19-14-9-5-8-13(18)11-14/h2-9,11,15H,10H2,1H3,(H2,19,20,22)/t15-/m1/s1. The van der Waals surface area contributed by atoms with Gasteiger partial charge in [0.05, 0.1) is 7.11 Å². The molecule has 0 saturated heterocycles. The summed E-state index contributed by atoms with van der Waals surface area (Å²) in [4.78, 5) is 24.0. The van der Waals surface area contributed by atoms with Gasteiger partial charge >= 0.3 is 12.0 Å². The van der Waals surface area contributed by atoms with Crippen LogP contribution in [0.3, 0.4) is 0 Å². The maximum absolute atomic E-state index is 12.1. The molecular formula is C17H17BrN2O3. The van der Waals surface area contributed by atoms with Gasteiger partial charge in [-0.05, 0) is 23.8 Å². The minimum Gasteiger partial charge on any atom is -0.467 e. The van der Waals surface area contributed by atoms with Crippen molar-refractivity contribution in [2.75, 3.05) is 12.4 Å². The van der Waals surface area contributed by atoms with E-state index >= 15 is 0 Å². The number of hydrogen-bond acceptors (Lipinski definition) is 3. The molecule has 0 aliphatic rings. The lowest BCUT2D eigenvalue weighted by Crippen LogP contribution is -2.45. The summed E-state index contributed by atoms with van der Waals surface area (Å²) in [7, 11) is 1.30. The minimum atomic E-state index is -0.755. The quantitative estimate of drug-likeness (QED) is 0.786. The highest BCUT2D eigenvalue weighted by Gasteiger charge is 2.21. The molecule has 2 aromatic rings. The summed E-state index contributed by atoms with van der Waals surface area (Å²) >= 11 is 3.34. The van der Waals surface area contributed by atoms with Crippen LogP contribution in [0.25, 0.3) is 0 Å². The third-order valence-electron chi connectivity index (χ3n) is 3.16. The van der Waals surface area contributed by atoms with Crippen molar-refractivity contribution in [3.63, 3.8) is 0 Å². The fourth-order valence-corrected chi connectivity index (χ4v) is 2.48. The Morgan fingerprint density at radius 3 is 2.52 bits per heavy atom. The maximum atomic E-state index is 12.1. The predicted octanol–water partition coefficient (Wildman–Crippen LogP) is 3.35. The van der Waals surface area contributed by atoms with Crippen LogP contribution in [-0.4, -0.2) is 25.2 Å². The van der Waals surface area contributed by atoms with Crippen LogP contribution in [0, 0.1) is 0 Å². The number of ether oxygens (including phenoxy) is 1. The number of esters is 1. The van der Waals surface area contributed by atoms with Crippen LogP contribution in [0.15, 0.2) is 59.1 Å². The topological polar surface area (TPSA) is 67.4 Å². The molecular weight excluding hydrogens is 360 g/mol. The van der Waals surface area contributed by atoms with E-state index in [4.69, 9.17) is 4.74 Å². The van der Waals surface area contributed by atoms with Gasteiger partial charge < -0.3 is 15.4 Å². The molecule has 0 unspecified atom stereocenters. The molecule has 120 valence electrons. The monoisotopic (exact) mass is 376 g/mol. The van der Waals surface area contributed by atoms with Crippen LogP contribution >= 0.6 is 15.9 Å². The van der Waals surface area contributed by atoms with E-state index in [9.17, 15) is 9.59 Å². The number of urea groups is 1. The largest absolute Gasteiger partial charge is 0.467 e. The second kappa shape index (κ2) is 8.33. The predicted molar refractivity (Wildman–Crippen MR) is 92.2 cm³/mol. The van der Waals surface area contributed by atoms with E-state index in [1.54, 1.807) is 18.2 Å². The van der Waals surface area contributed by atoms with E-state index < -0.39 is 18.0 Å². The molecule has 0 aromatic heterocycles. The van der Waals surface area contributed by atoms with Crippen molar-refractivity contribution in [3.05, 3.63) is 64.6 Å². The van der Waals surface area contributed by atoms with Gasteiger partial charge in [0.2, 0.25) is 0 Å². The van der Waals surface area contributed by atoms with E-state index in [1.165, 1.54) is 7.11 Å². The van der Waals surface area contributed by atoms with Crippen molar-refractivity contribution in [1.29, 1.82) is 0 Å². The summed E-state index contributed by atoms with van der Waals surface area (Å²) in [6, 6.07) is 15.4. The van der Waals surface area contributed by atoms with Gasteiger partial charge in [0, 0.05) is 16.6 Å². The number of carbonyl (C=O) groups is 2. The molecule has 2 aromatic carbocycles. The van der Waals surface area contributed by atoms with Crippen molar-refractivity contribution in [3.8, 4) is 0 Å². The Balaban J connectivity index is 2.02. The normalized spacial score (nSPS) is 11.4. The molecule has 2 rings (SSSR count). The summed E-state index contributed by atoms with van der Waals surface area (Å²) in [5.41, 5.74) is 1.56. The number of nitrogens with one attached hydrogen (secondary N) is 2. The molecule has 1 atom stereocenters. The number of hydrogen-bond donors (Lipinski definition) is 2. The number of rotatable bonds is 5. The number of carbonyl (C=O) groups excluding carboxylic acids is 2. The van der Waals surface area contributed by atoms with E-state index in [0.717, 1.165) is 10.0 Å². The summed E-state index contributed by atoms with van der Waals surface area (Å²) in [6.07, 6.45) is 0.361. The maximum Gasteiger partial charge on any atom is 0.328 e. The lowest BCUT2D eigenvalue weighted by Gasteiger charge is -2.17. The fraction of sp³-hybridized carbons (Fsp3) is 0.176. The van der Waals surface area contributed by atoms with Crippen LogP contribution in [-0.2, 0) is 16.0 Å². The van der Waals surface area contributed by atoms with Gasteiger partial charge in [0.1, 0.15) is 6.04 Å². The van der Waals surface area contributed by atoms with Crippen LogP contribution in [0.5, 0.6) is 0 Å². The molecule has 0 aliphatic heterocycles. The van der Waals surface area contributed by atoms with Gasteiger partial charge in [-0.3, -0.25) is 0 Å². The van der Waals surface area contributed by atoms with Gasteiger partial charge in [-0.25, -0.2) is 9.59 Å². The molecule has 0 saturated carbocycles. The Kier molecular flexibility index (Phi) is 6.17. The Bertz CT molecular complexity index is 677. The molecule has 0 aliphatic carbocycles. The molecule has 0 fully saturated rings. The van der Waals surface area contributed by atoms with Crippen molar-refractivity contribution >= 4 is 33.6 Å². The lowest BCUT2D eigenvalue weighted by atomic mass is 10.1. The first kappa shape index (κ1) is 17.0. The zero-order valence-corrected chi connectivity index (χ0v) is 14.2. The molecule has 0 heterocycles. The second-order valence-corrected chi connectivity index (χ2v) is 5.79. The Hall–Kier alpha value is -2.34. The van der Waals surface area contributed by atoms with Gasteiger partial charge in [0.15, 0.2) is 0 Å². The molecule has 23 heavy (non-hydrogen) atoms. The van der Waals surface area contributed by atoms with Gasteiger partial charge in [-0.15, -0.1) is 0 Å². The summed E-state index contributed by atoms with van der Waals surface area (Å²) in [5.74, 6) is -0.488. The summed E-state index contributed by atoms with van der Waals surface area (Å²) in [5, 5.41) is 5.33. The SMILES string of the molecule is COC(=O)[C@@H](Cc1ccccc1)NC(=O)Nc1cccc(Br)c1. The van der Waals surface area contributed by atoms with Gasteiger partial charge in [0.25, 0.3) is 0 Å². The number of anilines is 1. The van der Waals surface area contributed by atoms with Crippen LogP contribution in [0.4, 0.5) is 10.5 Å². The zero-order chi connectivity index (χ0) is 16.7. The van der Waals surface area contributed by atoms with Crippen molar-refractivity contribution in [1.82, 2.24) is 5.32 Å². The first-order chi connectivity index (χ1) is 11.1. The first-order valence-electron chi connectivity index (χ1n) is 7.03. The average molecular weight is 377 g/mol. The van der Waals surface area contributed by atoms with Gasteiger partial charge in [-0.2, -0.15) is 0 Å². The zero-order valence-electron chi connectivity index (χ0n) is 12.6. The van der Waals surface area contributed by atoms with Gasteiger partial charge in [-0.1, -0.05) is 52.3 Å². The third-order valence-corrected chi connectivity index (χ3v) is 3.65. The summed E-state index contributed by atoms with van der Waals surface area (Å²) < 4.78 is 5.62. The molecule has 2 N–H and O–H groups in total. The first-order valence-corrected chi connectivity index (χ1v) is 7.82. The Morgan fingerprint density at radius 1 is 1.13 bits per heavy atom. The van der Waals surface area contributed by atoms with E-state index in [-0.39, 0.29) is 0 Å². The molecule has 0 spiro atoms. The van der Waals surface area contributed by atoms with Crippen LogP contribution in [0.1, 0.15) is 5.56 Å². The van der Waals surface area contributed by atoms with E-state index in [0.29, 0.717) is 12.1 Å². The minimum absolute atomic E-state index is 0.361. The molecule has 0 bridgehead atoms. The molecule has 5 nitrogen and oxygen atoms in total. The van der Waals surface area contributed by atoms with Crippen molar-refractivity contribution < 1.29 is 14.3 Å². The van der Waals surface area contributed by atoms with Crippen molar-refractivity contribution in [2.24, 2.45) is 0 Å². The third kappa shape index (κ3) is 5.41. The number of halogens is 1. The highest BCUT2D eigenvalue weighted by atomic mass is 79.9. The Labute approximate surface area is 143 Å². The summed E-state index contributed by atoms with van der Waals surface area (Å²) in [6.45, 7) is 0. The van der Waals surface area contributed by atoms with Crippen LogP contribution in [0.2, 0.25) is 0 Å². The number of amides is 2. The second-order valence-electron chi connectivity index (χ2n) is 4.87. The Morgan fingerprint density at radius 2 is 1.87 bits per heavy atom. The van der Waals surface area contributed by atoms with Crippen molar-refractivity contribution in [2.45, 2.75) is 12.5 Å². The fourth-order valence-electron chi connectivity index (χ4n) is 2.08.